The van der Waals surface area contributed by atoms with Crippen molar-refractivity contribution in [2.45, 2.75) is 18.6 Å². The second-order valence-corrected chi connectivity index (χ2v) is 3.75. The first-order valence-corrected chi connectivity index (χ1v) is 5.21. The van der Waals surface area contributed by atoms with Crippen LogP contribution in [0.2, 0.25) is 0 Å². The Morgan fingerprint density at radius 1 is 1.50 bits per heavy atom. The summed E-state index contributed by atoms with van der Waals surface area (Å²) in [6, 6.07) is 5.95. The highest BCUT2D eigenvalue weighted by molar-refractivity contribution is 5.90. The average Bonchev–Trinajstić information content (AvgIpc) is 2.36. The smallest absolute Gasteiger partial charge is 0.337 e. The fourth-order valence-electron chi connectivity index (χ4n) is 1.51. The number of nitrogens with zero attached hydrogens (tertiary/aromatic N) is 1. The van der Waals surface area contributed by atoms with Gasteiger partial charge in [-0.15, -0.1) is 0 Å². The highest BCUT2D eigenvalue weighted by Crippen LogP contribution is 2.23. The molecule has 6 nitrogen and oxygen atoms in total. The molecule has 1 rings (SSSR count). The predicted molar refractivity (Wildman–Crippen MR) is 63.4 cm³/mol. The summed E-state index contributed by atoms with van der Waals surface area (Å²) in [6.07, 6.45) is -2.73. The van der Waals surface area contributed by atoms with E-state index >= 15 is 0 Å². The standard InChI is InChI=1S/C12H14N2O4/c1-18-12(17)8-4-7(5-9(14)6-8)11(16)10(15)2-3-13/h4-6,10-11,15-16H,2,14H2,1H3. The van der Waals surface area contributed by atoms with Crippen LogP contribution >= 0.6 is 0 Å². The lowest BCUT2D eigenvalue weighted by molar-refractivity contribution is 0.0215. The molecule has 0 saturated carbocycles. The van der Waals surface area contributed by atoms with Gasteiger partial charge < -0.3 is 20.7 Å². The van der Waals surface area contributed by atoms with Gasteiger partial charge in [-0.3, -0.25) is 0 Å². The van der Waals surface area contributed by atoms with Crippen LogP contribution in [0.25, 0.3) is 0 Å². The number of nitrogen functional groups attached to an aromatic ring is 1. The van der Waals surface area contributed by atoms with Crippen LogP contribution in [0, 0.1) is 11.3 Å². The van der Waals surface area contributed by atoms with Crippen LogP contribution in [-0.2, 0) is 4.74 Å². The maximum absolute atomic E-state index is 11.4. The van der Waals surface area contributed by atoms with Gasteiger partial charge in [0.2, 0.25) is 0 Å². The number of aliphatic hydroxyl groups is 2. The average molecular weight is 250 g/mol. The normalized spacial score (nSPS) is 13.4. The summed E-state index contributed by atoms with van der Waals surface area (Å²) < 4.78 is 4.54. The lowest BCUT2D eigenvalue weighted by Crippen LogP contribution is -2.18. The quantitative estimate of drug-likeness (QED) is 0.525. The first kappa shape index (κ1) is 14.0. The molecular weight excluding hydrogens is 236 g/mol. The van der Waals surface area contributed by atoms with E-state index in [1.54, 1.807) is 6.07 Å². The minimum atomic E-state index is -1.28. The fraction of sp³-hybridized carbons (Fsp3) is 0.333. The molecule has 18 heavy (non-hydrogen) atoms. The molecule has 6 heteroatoms. The molecule has 96 valence electrons. The molecular formula is C12H14N2O4. The Balaban J connectivity index is 3.06. The molecule has 0 aliphatic heterocycles. The molecule has 0 spiro atoms. The van der Waals surface area contributed by atoms with E-state index in [-0.39, 0.29) is 23.2 Å². The summed E-state index contributed by atoms with van der Waals surface area (Å²) in [5.41, 5.74) is 6.30. The largest absolute Gasteiger partial charge is 0.465 e. The number of nitriles is 1. The molecule has 0 amide bonds. The molecule has 0 aliphatic carbocycles. The molecule has 1 aromatic carbocycles. The van der Waals surface area contributed by atoms with Gasteiger partial charge in [0.1, 0.15) is 6.10 Å². The zero-order valence-corrected chi connectivity index (χ0v) is 9.83. The van der Waals surface area contributed by atoms with Crippen molar-refractivity contribution in [3.63, 3.8) is 0 Å². The van der Waals surface area contributed by atoms with Crippen LogP contribution in [0.3, 0.4) is 0 Å². The molecule has 0 radical (unpaired) electrons. The number of anilines is 1. The van der Waals surface area contributed by atoms with Gasteiger partial charge in [-0.05, 0) is 23.8 Å². The third-order valence-electron chi connectivity index (χ3n) is 2.41. The zero-order chi connectivity index (χ0) is 13.7. The molecule has 1 aromatic rings. The van der Waals surface area contributed by atoms with Gasteiger partial charge in [-0.2, -0.15) is 5.26 Å². The lowest BCUT2D eigenvalue weighted by atomic mass is 9.99. The minimum absolute atomic E-state index is 0.177. The molecule has 2 unspecified atom stereocenters. The van der Waals surface area contributed by atoms with Crippen LogP contribution in [0.1, 0.15) is 28.4 Å². The number of ether oxygens (including phenoxy) is 1. The van der Waals surface area contributed by atoms with Gasteiger partial charge in [0, 0.05) is 5.69 Å². The summed E-state index contributed by atoms with van der Waals surface area (Å²) in [5.74, 6) is -0.592. The summed E-state index contributed by atoms with van der Waals surface area (Å²) in [4.78, 5) is 11.4. The van der Waals surface area contributed by atoms with Gasteiger partial charge in [0.15, 0.2) is 0 Å². The Morgan fingerprint density at radius 2 is 2.17 bits per heavy atom. The lowest BCUT2D eigenvalue weighted by Gasteiger charge is -2.16. The van der Waals surface area contributed by atoms with Crippen molar-refractivity contribution in [1.29, 1.82) is 5.26 Å². The number of benzene rings is 1. The topological polar surface area (TPSA) is 117 Å². The van der Waals surface area contributed by atoms with Gasteiger partial charge in [-0.25, -0.2) is 4.79 Å². The van der Waals surface area contributed by atoms with Crippen molar-refractivity contribution in [3.8, 4) is 6.07 Å². The molecule has 0 saturated heterocycles. The van der Waals surface area contributed by atoms with Gasteiger partial charge in [-0.1, -0.05) is 0 Å². The number of rotatable bonds is 4. The van der Waals surface area contributed by atoms with Crippen LogP contribution in [-0.4, -0.2) is 29.4 Å². The Kier molecular flexibility index (Phi) is 4.66. The van der Waals surface area contributed by atoms with Crippen LogP contribution in [0.15, 0.2) is 18.2 Å². The van der Waals surface area contributed by atoms with E-state index in [9.17, 15) is 15.0 Å². The number of hydrogen-bond donors (Lipinski definition) is 3. The van der Waals surface area contributed by atoms with Crippen LogP contribution in [0.5, 0.6) is 0 Å². The number of nitrogens with two attached hydrogens (primary N) is 1. The zero-order valence-electron chi connectivity index (χ0n) is 9.83. The van der Waals surface area contributed by atoms with Crippen molar-refractivity contribution in [2.75, 3.05) is 12.8 Å². The van der Waals surface area contributed by atoms with Crippen molar-refractivity contribution in [3.05, 3.63) is 29.3 Å². The summed E-state index contributed by atoms with van der Waals surface area (Å²) in [7, 11) is 1.23. The SMILES string of the molecule is COC(=O)c1cc(N)cc(C(O)C(O)CC#N)c1. The second kappa shape index (κ2) is 6.00. The predicted octanol–water partition coefficient (Wildman–Crippen LogP) is 0.363. The van der Waals surface area contributed by atoms with Gasteiger partial charge >= 0.3 is 5.97 Å². The number of carbonyl (C=O) groups is 1. The second-order valence-electron chi connectivity index (χ2n) is 3.75. The number of aliphatic hydroxyl groups excluding tert-OH is 2. The monoisotopic (exact) mass is 250 g/mol. The van der Waals surface area contributed by atoms with Crippen molar-refractivity contribution in [2.24, 2.45) is 0 Å². The molecule has 2 atom stereocenters. The maximum atomic E-state index is 11.4. The van der Waals surface area contributed by atoms with E-state index in [1.807, 2.05) is 0 Å². The third kappa shape index (κ3) is 3.20. The summed E-state index contributed by atoms with van der Waals surface area (Å²) in [6.45, 7) is 0. The van der Waals surface area contributed by atoms with E-state index in [4.69, 9.17) is 11.0 Å². The van der Waals surface area contributed by atoms with Crippen molar-refractivity contribution >= 4 is 11.7 Å². The maximum Gasteiger partial charge on any atom is 0.337 e. The minimum Gasteiger partial charge on any atom is -0.465 e. The van der Waals surface area contributed by atoms with Crippen molar-refractivity contribution in [1.82, 2.24) is 0 Å². The number of esters is 1. The third-order valence-corrected chi connectivity index (χ3v) is 2.41. The Bertz CT molecular complexity index is 481. The van der Waals surface area contributed by atoms with Crippen LogP contribution < -0.4 is 5.73 Å². The Labute approximate surface area is 104 Å². The summed E-state index contributed by atoms with van der Waals surface area (Å²) >= 11 is 0. The number of carbonyl (C=O) groups excluding carboxylic acids is 1. The molecule has 0 bridgehead atoms. The Hall–Kier alpha value is -2.10. The van der Waals surface area contributed by atoms with Gasteiger partial charge in [0.25, 0.3) is 0 Å². The van der Waals surface area contributed by atoms with E-state index in [0.29, 0.717) is 0 Å². The number of hydrogen-bond acceptors (Lipinski definition) is 6. The highest BCUT2D eigenvalue weighted by Gasteiger charge is 2.20. The Morgan fingerprint density at radius 3 is 2.72 bits per heavy atom. The van der Waals surface area contributed by atoms with Crippen LogP contribution in [0.4, 0.5) is 5.69 Å². The first-order valence-electron chi connectivity index (χ1n) is 5.21. The molecule has 0 fully saturated rings. The summed E-state index contributed by atoms with van der Waals surface area (Å²) in [5, 5.41) is 27.8. The van der Waals surface area contributed by atoms with E-state index in [2.05, 4.69) is 4.74 Å². The first-order chi connectivity index (χ1) is 8.49. The highest BCUT2D eigenvalue weighted by atomic mass is 16.5. The van der Waals surface area contributed by atoms with E-state index in [0.717, 1.165) is 0 Å². The number of methoxy groups -OCH3 is 1. The molecule has 0 aromatic heterocycles. The fourth-order valence-corrected chi connectivity index (χ4v) is 1.51. The van der Waals surface area contributed by atoms with E-state index in [1.165, 1.54) is 25.3 Å². The molecule has 0 aliphatic rings. The van der Waals surface area contributed by atoms with Gasteiger partial charge in [0.05, 0.1) is 31.3 Å². The molecule has 0 heterocycles. The molecule has 4 N–H and O–H groups in total. The van der Waals surface area contributed by atoms with E-state index < -0.39 is 18.2 Å². The van der Waals surface area contributed by atoms with Crippen molar-refractivity contribution < 1.29 is 19.7 Å².